The summed E-state index contributed by atoms with van der Waals surface area (Å²) in [6.07, 6.45) is 1.48. The lowest BCUT2D eigenvalue weighted by atomic mass is 10.1. The molecule has 4 nitrogen and oxygen atoms in total. The highest BCUT2D eigenvalue weighted by atomic mass is 16.5. The number of Topliss-reactive ketones (excluding diaryl/α,β-unsaturated/α-hetero) is 1. The fraction of sp³-hybridized carbons (Fsp3) is 0.500. The monoisotopic (exact) mass is 169 g/mol. The van der Waals surface area contributed by atoms with Crippen LogP contribution in [0.2, 0.25) is 0 Å². The first-order chi connectivity index (χ1) is 5.75. The quantitative estimate of drug-likeness (QED) is 0.351. The highest BCUT2D eigenvalue weighted by Gasteiger charge is 2.31. The molecule has 1 fully saturated rings. The third kappa shape index (κ3) is 1.92. The molecule has 0 spiro atoms. The van der Waals surface area contributed by atoms with E-state index in [9.17, 15) is 9.59 Å². The fourth-order valence-electron chi connectivity index (χ4n) is 1.03. The SMILES string of the molecule is C=CCOC(=O)C1CNCC1=O. The molecular weight excluding hydrogens is 158 g/mol. The molecule has 0 saturated carbocycles. The minimum Gasteiger partial charge on any atom is -0.461 e. The Morgan fingerprint density at radius 1 is 1.83 bits per heavy atom. The molecule has 1 rings (SSSR count). The lowest BCUT2D eigenvalue weighted by Crippen LogP contribution is -2.24. The summed E-state index contributed by atoms with van der Waals surface area (Å²) in [5.74, 6) is -1.15. The van der Waals surface area contributed by atoms with Crippen LogP contribution in [0.4, 0.5) is 0 Å². The van der Waals surface area contributed by atoms with Crippen LogP contribution in [0.15, 0.2) is 12.7 Å². The van der Waals surface area contributed by atoms with Crippen molar-refractivity contribution in [2.75, 3.05) is 19.7 Å². The first kappa shape index (κ1) is 8.93. The van der Waals surface area contributed by atoms with Gasteiger partial charge in [0.25, 0.3) is 0 Å². The van der Waals surface area contributed by atoms with Crippen molar-refractivity contribution in [2.45, 2.75) is 0 Å². The van der Waals surface area contributed by atoms with E-state index in [-0.39, 0.29) is 18.9 Å². The van der Waals surface area contributed by atoms with Gasteiger partial charge in [-0.2, -0.15) is 0 Å². The molecule has 4 heteroatoms. The van der Waals surface area contributed by atoms with Gasteiger partial charge in [-0.25, -0.2) is 0 Å². The predicted octanol–water partition coefficient (Wildman–Crippen LogP) is -0.496. The highest BCUT2D eigenvalue weighted by molar-refractivity contribution is 6.01. The molecular formula is C8H11NO3. The van der Waals surface area contributed by atoms with Gasteiger partial charge in [0.2, 0.25) is 0 Å². The topological polar surface area (TPSA) is 55.4 Å². The summed E-state index contributed by atoms with van der Waals surface area (Å²) in [5, 5.41) is 2.80. The van der Waals surface area contributed by atoms with Crippen LogP contribution in [0.3, 0.4) is 0 Å². The van der Waals surface area contributed by atoms with Crippen molar-refractivity contribution >= 4 is 11.8 Å². The zero-order valence-corrected chi connectivity index (χ0v) is 6.71. The van der Waals surface area contributed by atoms with Crippen LogP contribution in [0.25, 0.3) is 0 Å². The molecule has 1 aliphatic rings. The molecule has 0 amide bonds. The third-order valence-electron chi connectivity index (χ3n) is 1.66. The lowest BCUT2D eigenvalue weighted by Gasteiger charge is -2.05. The summed E-state index contributed by atoms with van der Waals surface area (Å²) in [6, 6.07) is 0. The second-order valence-electron chi connectivity index (χ2n) is 2.57. The van der Waals surface area contributed by atoms with E-state index in [1.165, 1.54) is 6.08 Å². The molecule has 12 heavy (non-hydrogen) atoms. The average Bonchev–Trinajstić information content (AvgIpc) is 2.47. The molecule has 1 heterocycles. The maximum atomic E-state index is 11.1. The maximum Gasteiger partial charge on any atom is 0.318 e. The Balaban J connectivity index is 2.40. The van der Waals surface area contributed by atoms with Crippen LogP contribution >= 0.6 is 0 Å². The zero-order chi connectivity index (χ0) is 8.97. The first-order valence-electron chi connectivity index (χ1n) is 3.76. The Morgan fingerprint density at radius 3 is 3.08 bits per heavy atom. The van der Waals surface area contributed by atoms with Gasteiger partial charge in [-0.1, -0.05) is 12.7 Å². The molecule has 1 aliphatic heterocycles. The first-order valence-corrected chi connectivity index (χ1v) is 3.76. The Hall–Kier alpha value is -1.16. The number of nitrogens with one attached hydrogen (secondary N) is 1. The largest absolute Gasteiger partial charge is 0.461 e. The van der Waals surface area contributed by atoms with Crippen molar-refractivity contribution in [3.05, 3.63) is 12.7 Å². The molecule has 1 atom stereocenters. The second kappa shape index (κ2) is 4.01. The van der Waals surface area contributed by atoms with Crippen LogP contribution in [-0.2, 0) is 14.3 Å². The number of carbonyl (C=O) groups is 2. The molecule has 0 radical (unpaired) electrons. The van der Waals surface area contributed by atoms with Gasteiger partial charge < -0.3 is 10.1 Å². The molecule has 1 unspecified atom stereocenters. The van der Waals surface area contributed by atoms with E-state index in [1.54, 1.807) is 0 Å². The van der Waals surface area contributed by atoms with Crippen LogP contribution in [0.5, 0.6) is 0 Å². The summed E-state index contributed by atoms with van der Waals surface area (Å²) in [6.45, 7) is 4.24. The fourth-order valence-corrected chi connectivity index (χ4v) is 1.03. The van der Waals surface area contributed by atoms with Crippen LogP contribution in [0.1, 0.15) is 0 Å². The van der Waals surface area contributed by atoms with Crippen molar-refractivity contribution in [3.63, 3.8) is 0 Å². The van der Waals surface area contributed by atoms with Gasteiger partial charge in [0.05, 0.1) is 6.54 Å². The second-order valence-corrected chi connectivity index (χ2v) is 2.57. The minimum absolute atomic E-state index is 0.0935. The van der Waals surface area contributed by atoms with Gasteiger partial charge in [0.15, 0.2) is 5.78 Å². The summed E-state index contributed by atoms with van der Waals surface area (Å²) in [4.78, 5) is 22.1. The number of esters is 1. The van der Waals surface area contributed by atoms with Gasteiger partial charge in [-0.15, -0.1) is 0 Å². The van der Waals surface area contributed by atoms with E-state index >= 15 is 0 Å². The van der Waals surface area contributed by atoms with Crippen molar-refractivity contribution in [3.8, 4) is 0 Å². The molecule has 0 aromatic heterocycles. The van der Waals surface area contributed by atoms with Crippen molar-refractivity contribution in [1.82, 2.24) is 5.32 Å². The molecule has 1 saturated heterocycles. The number of carbonyl (C=O) groups excluding carboxylic acids is 2. The van der Waals surface area contributed by atoms with Crippen molar-refractivity contribution in [1.29, 1.82) is 0 Å². The Bertz CT molecular complexity index is 212. The normalized spacial score (nSPS) is 22.3. The lowest BCUT2D eigenvalue weighted by molar-refractivity contribution is -0.149. The molecule has 0 aromatic carbocycles. The van der Waals surface area contributed by atoms with Crippen molar-refractivity contribution < 1.29 is 14.3 Å². The number of rotatable bonds is 3. The summed E-state index contributed by atoms with van der Waals surface area (Å²) in [5.41, 5.74) is 0. The predicted molar refractivity (Wildman–Crippen MR) is 42.5 cm³/mol. The van der Waals surface area contributed by atoms with Crippen LogP contribution in [-0.4, -0.2) is 31.4 Å². The van der Waals surface area contributed by atoms with Crippen LogP contribution in [0, 0.1) is 5.92 Å². The van der Waals surface area contributed by atoms with Gasteiger partial charge in [-0.05, 0) is 0 Å². The molecule has 0 aliphatic carbocycles. The smallest absolute Gasteiger partial charge is 0.318 e. The zero-order valence-electron chi connectivity index (χ0n) is 6.71. The molecule has 1 N–H and O–H groups in total. The summed E-state index contributed by atoms with van der Waals surface area (Å²) < 4.78 is 4.73. The van der Waals surface area contributed by atoms with Gasteiger partial charge in [-0.3, -0.25) is 9.59 Å². The Labute approximate surface area is 70.6 Å². The van der Waals surface area contributed by atoms with Gasteiger partial charge in [0, 0.05) is 6.54 Å². The standard InChI is InChI=1S/C8H11NO3/c1-2-3-12-8(11)6-4-9-5-7(6)10/h2,6,9H,1,3-5H2. The number of hydrogen-bond donors (Lipinski definition) is 1. The van der Waals surface area contributed by atoms with E-state index in [4.69, 9.17) is 4.74 Å². The van der Waals surface area contributed by atoms with E-state index in [0.717, 1.165) is 0 Å². The van der Waals surface area contributed by atoms with Crippen molar-refractivity contribution in [2.24, 2.45) is 5.92 Å². The summed E-state index contributed by atoms with van der Waals surface area (Å²) >= 11 is 0. The number of ketones is 1. The average molecular weight is 169 g/mol. The van der Waals surface area contributed by atoms with E-state index in [2.05, 4.69) is 11.9 Å². The van der Waals surface area contributed by atoms with Gasteiger partial charge in [0.1, 0.15) is 12.5 Å². The van der Waals surface area contributed by atoms with E-state index in [1.807, 2.05) is 0 Å². The van der Waals surface area contributed by atoms with E-state index in [0.29, 0.717) is 6.54 Å². The Kier molecular flexibility index (Phi) is 2.99. The van der Waals surface area contributed by atoms with Gasteiger partial charge >= 0.3 is 5.97 Å². The highest BCUT2D eigenvalue weighted by Crippen LogP contribution is 2.05. The maximum absolute atomic E-state index is 11.1. The third-order valence-corrected chi connectivity index (χ3v) is 1.66. The minimum atomic E-state index is -0.607. The Morgan fingerprint density at radius 2 is 2.58 bits per heavy atom. The molecule has 0 bridgehead atoms. The molecule has 0 aromatic rings. The summed E-state index contributed by atoms with van der Waals surface area (Å²) in [7, 11) is 0. The van der Waals surface area contributed by atoms with E-state index < -0.39 is 11.9 Å². The van der Waals surface area contributed by atoms with Crippen LogP contribution < -0.4 is 5.32 Å². The molecule has 66 valence electrons. The number of ether oxygens (including phenoxy) is 1. The number of hydrogen-bond acceptors (Lipinski definition) is 4.